The van der Waals surface area contributed by atoms with Crippen molar-refractivity contribution in [1.29, 1.82) is 0 Å². The maximum atomic E-state index is 2.83. The van der Waals surface area contributed by atoms with Crippen LogP contribution in [0.3, 0.4) is 0 Å². The van der Waals surface area contributed by atoms with Crippen LogP contribution in [0.5, 0.6) is 0 Å². The van der Waals surface area contributed by atoms with Crippen LogP contribution in [0.25, 0.3) is 10.8 Å². The summed E-state index contributed by atoms with van der Waals surface area (Å²) in [7, 11) is 0. The van der Waals surface area contributed by atoms with Crippen LogP contribution < -0.4 is 31.1 Å². The number of fused-ring (bicyclic) bond motifs is 8. The van der Waals surface area contributed by atoms with Gasteiger partial charge >= 0.3 is 0 Å². The monoisotopic (exact) mass is 669 g/mol. The third kappa shape index (κ3) is 3.87. The second-order valence-electron chi connectivity index (χ2n) is 15.6. The average molecular weight is 670 g/mol. The van der Waals surface area contributed by atoms with Gasteiger partial charge in [-0.1, -0.05) is 129 Å². The third-order valence-corrected chi connectivity index (χ3v) is 13.1. The molecule has 3 nitrogen and oxygen atoms in total. The van der Waals surface area contributed by atoms with Gasteiger partial charge in [-0.3, -0.25) is 0 Å². The maximum Gasteiger partial charge on any atom is 0.252 e. The first-order valence-corrected chi connectivity index (χ1v) is 19.0. The van der Waals surface area contributed by atoms with Crippen molar-refractivity contribution in [3.8, 4) is 0 Å². The lowest BCUT2D eigenvalue weighted by Crippen LogP contribution is -2.64. The molecular weight excluding hydrogens is 629 g/mol. The molecule has 3 aliphatic heterocycles. The van der Waals surface area contributed by atoms with Crippen LogP contribution in [0.2, 0.25) is 0 Å². The van der Waals surface area contributed by atoms with Gasteiger partial charge in [-0.15, -0.1) is 0 Å². The number of anilines is 8. The Morgan fingerprint density at radius 3 is 2.12 bits per heavy atom. The van der Waals surface area contributed by atoms with Gasteiger partial charge in [0.2, 0.25) is 0 Å². The normalized spacial score (nSPS) is 20.6. The van der Waals surface area contributed by atoms with E-state index < -0.39 is 0 Å². The Morgan fingerprint density at radius 1 is 0.577 bits per heavy atom. The van der Waals surface area contributed by atoms with Gasteiger partial charge in [0, 0.05) is 44.9 Å². The highest BCUT2D eigenvalue weighted by atomic mass is 15.3. The molecule has 7 aromatic rings. The van der Waals surface area contributed by atoms with Crippen molar-refractivity contribution in [2.75, 3.05) is 14.7 Å². The second-order valence-corrected chi connectivity index (χ2v) is 15.6. The van der Waals surface area contributed by atoms with E-state index in [9.17, 15) is 0 Å². The molecule has 0 aromatic heterocycles. The van der Waals surface area contributed by atoms with E-state index in [1.54, 1.807) is 0 Å². The molecule has 2 atom stereocenters. The number of hydrogen-bond donors (Lipinski definition) is 0. The van der Waals surface area contributed by atoms with Crippen LogP contribution in [0.15, 0.2) is 158 Å². The molecule has 1 saturated carbocycles. The topological polar surface area (TPSA) is 9.72 Å². The Morgan fingerprint density at radius 2 is 1.25 bits per heavy atom. The smallest absolute Gasteiger partial charge is 0.252 e. The predicted octanol–water partition coefficient (Wildman–Crippen LogP) is 10.7. The van der Waals surface area contributed by atoms with Gasteiger partial charge in [0.15, 0.2) is 0 Å². The summed E-state index contributed by atoms with van der Waals surface area (Å²) in [5, 5.41) is 2.48. The van der Waals surface area contributed by atoms with E-state index >= 15 is 0 Å². The van der Waals surface area contributed by atoms with E-state index in [0.29, 0.717) is 0 Å². The van der Waals surface area contributed by atoms with Gasteiger partial charge in [0.25, 0.3) is 6.71 Å². The van der Waals surface area contributed by atoms with E-state index in [2.05, 4.69) is 186 Å². The lowest BCUT2D eigenvalue weighted by Gasteiger charge is -2.53. The fourth-order valence-corrected chi connectivity index (χ4v) is 10.6. The van der Waals surface area contributed by atoms with Gasteiger partial charge in [0.1, 0.15) is 0 Å². The molecule has 250 valence electrons. The Kier molecular flexibility index (Phi) is 6.27. The molecule has 3 heterocycles. The van der Waals surface area contributed by atoms with Crippen LogP contribution in [0, 0.1) is 0 Å². The number of para-hydroxylation sites is 4. The van der Waals surface area contributed by atoms with E-state index in [1.807, 2.05) is 0 Å². The SMILES string of the molecule is CC12CCCCC1(C)N1c3cc(N(c4ccccc4)c4cccc5ccccc45)cc4c3B(c3ccccc3N4c3ccccc3)c3cccc2c31. The van der Waals surface area contributed by atoms with Crippen molar-refractivity contribution in [3.05, 3.63) is 163 Å². The van der Waals surface area contributed by atoms with Crippen molar-refractivity contribution in [1.82, 2.24) is 0 Å². The largest absolute Gasteiger partial charge is 0.335 e. The summed E-state index contributed by atoms with van der Waals surface area (Å²) in [6.45, 7) is 5.27. The molecule has 0 spiro atoms. The fraction of sp³-hybridized carbons (Fsp3) is 0.167. The first-order valence-electron chi connectivity index (χ1n) is 19.0. The molecule has 1 aliphatic carbocycles. The summed E-state index contributed by atoms with van der Waals surface area (Å²) in [6, 6.07) is 58.9. The molecule has 0 amide bonds. The molecule has 2 unspecified atom stereocenters. The molecular formula is C48H40BN3. The van der Waals surface area contributed by atoms with Gasteiger partial charge in [-0.05, 0) is 95.6 Å². The average Bonchev–Trinajstić information content (AvgIpc) is 3.41. The van der Waals surface area contributed by atoms with Crippen LogP contribution in [0.4, 0.5) is 45.5 Å². The van der Waals surface area contributed by atoms with Crippen LogP contribution >= 0.6 is 0 Å². The first-order chi connectivity index (χ1) is 25.6. The highest BCUT2D eigenvalue weighted by Crippen LogP contribution is 2.62. The summed E-state index contributed by atoms with van der Waals surface area (Å²) in [6.07, 6.45) is 4.91. The highest BCUT2D eigenvalue weighted by molar-refractivity contribution is 7.00. The summed E-state index contributed by atoms with van der Waals surface area (Å²) in [5.41, 5.74) is 15.8. The van der Waals surface area contributed by atoms with E-state index in [0.717, 1.165) is 5.69 Å². The predicted molar refractivity (Wildman–Crippen MR) is 221 cm³/mol. The van der Waals surface area contributed by atoms with Gasteiger partial charge in [-0.2, -0.15) is 0 Å². The lowest BCUT2D eigenvalue weighted by molar-refractivity contribution is 0.195. The first kappa shape index (κ1) is 29.9. The summed E-state index contributed by atoms with van der Waals surface area (Å²) < 4.78 is 0. The maximum absolute atomic E-state index is 2.83. The van der Waals surface area contributed by atoms with Crippen LogP contribution in [0.1, 0.15) is 45.1 Å². The summed E-state index contributed by atoms with van der Waals surface area (Å²) in [4.78, 5) is 7.87. The summed E-state index contributed by atoms with van der Waals surface area (Å²) in [5.74, 6) is 0. The number of hydrogen-bond acceptors (Lipinski definition) is 3. The van der Waals surface area contributed by atoms with Crippen molar-refractivity contribution in [3.63, 3.8) is 0 Å². The minimum atomic E-state index is -0.0490. The quantitative estimate of drug-likeness (QED) is 0.173. The highest BCUT2D eigenvalue weighted by Gasteiger charge is 2.61. The summed E-state index contributed by atoms with van der Waals surface area (Å²) >= 11 is 0. The van der Waals surface area contributed by atoms with E-state index in [1.165, 1.54) is 98.2 Å². The van der Waals surface area contributed by atoms with Crippen molar-refractivity contribution in [2.45, 2.75) is 50.5 Å². The molecule has 7 aromatic carbocycles. The van der Waals surface area contributed by atoms with E-state index in [-0.39, 0.29) is 17.7 Å². The van der Waals surface area contributed by atoms with Gasteiger partial charge in [-0.25, -0.2) is 0 Å². The molecule has 0 N–H and O–H groups in total. The van der Waals surface area contributed by atoms with Crippen LogP contribution in [-0.4, -0.2) is 12.3 Å². The minimum Gasteiger partial charge on any atom is -0.335 e. The molecule has 0 radical (unpaired) electrons. The molecule has 52 heavy (non-hydrogen) atoms. The zero-order valence-corrected chi connectivity index (χ0v) is 29.8. The number of nitrogens with zero attached hydrogens (tertiary/aromatic N) is 3. The zero-order chi connectivity index (χ0) is 34.6. The fourth-order valence-electron chi connectivity index (χ4n) is 10.6. The van der Waals surface area contributed by atoms with Crippen molar-refractivity contribution >= 4 is 79.4 Å². The zero-order valence-electron chi connectivity index (χ0n) is 29.8. The minimum absolute atomic E-state index is 0.0490. The third-order valence-electron chi connectivity index (χ3n) is 13.1. The molecule has 4 heteroatoms. The Hall–Kier alpha value is -5.74. The van der Waals surface area contributed by atoms with Gasteiger partial charge < -0.3 is 14.7 Å². The molecule has 0 saturated heterocycles. The molecule has 11 rings (SSSR count). The Labute approximate surface area is 306 Å². The Balaban J connectivity index is 1.28. The number of rotatable bonds is 4. The number of benzene rings is 7. The lowest BCUT2D eigenvalue weighted by atomic mass is 9.33. The standard InChI is InChI=1S/C48H40BN3/c1-47-29-13-14-30-48(47,2)52-44-32-36(50(34-19-5-3-6-20-34)41-28-15-18-33-17-9-10-23-37(33)41)31-43-45(44)49(40-26-16-24-38(47)46(40)52)39-25-11-12-27-42(39)51(43)35-21-7-4-8-22-35/h3-12,15-28,31-32H,13-14,29-30H2,1-2H3. The van der Waals surface area contributed by atoms with Crippen LogP contribution in [-0.2, 0) is 5.41 Å². The van der Waals surface area contributed by atoms with Gasteiger partial charge in [0.05, 0.1) is 16.9 Å². The molecule has 1 fully saturated rings. The molecule has 4 aliphatic rings. The Bertz CT molecular complexity index is 2540. The second kappa shape index (κ2) is 10.9. The van der Waals surface area contributed by atoms with Crippen molar-refractivity contribution in [2.24, 2.45) is 0 Å². The molecule has 0 bridgehead atoms. The van der Waals surface area contributed by atoms with Crippen molar-refractivity contribution < 1.29 is 0 Å². The van der Waals surface area contributed by atoms with E-state index in [4.69, 9.17) is 0 Å².